The summed E-state index contributed by atoms with van der Waals surface area (Å²) in [6.07, 6.45) is 4.32. The highest BCUT2D eigenvalue weighted by Gasteiger charge is 2.15. The molecule has 0 aliphatic carbocycles. The number of halogens is 1. The third kappa shape index (κ3) is 5.06. The SMILES string of the molecule is COc1ccc(NC(=S)N(CCc2c(C)[nH]c3ccc(F)cc23)Cc2cccnc2)cc1. The van der Waals surface area contributed by atoms with Crippen molar-refractivity contribution < 1.29 is 9.13 Å². The van der Waals surface area contributed by atoms with Gasteiger partial charge in [-0.3, -0.25) is 4.98 Å². The van der Waals surface area contributed by atoms with Crippen LogP contribution in [0.15, 0.2) is 67.0 Å². The Hall–Kier alpha value is -3.45. The van der Waals surface area contributed by atoms with Gasteiger partial charge in [-0.05, 0) is 85.2 Å². The minimum atomic E-state index is -0.235. The highest BCUT2D eigenvalue weighted by Crippen LogP contribution is 2.24. The molecule has 5 nitrogen and oxygen atoms in total. The number of rotatable bonds is 7. The number of ether oxygens (including phenoxy) is 1. The van der Waals surface area contributed by atoms with Crippen molar-refractivity contribution in [3.63, 3.8) is 0 Å². The van der Waals surface area contributed by atoms with Crippen molar-refractivity contribution in [1.82, 2.24) is 14.9 Å². The molecule has 0 bridgehead atoms. The van der Waals surface area contributed by atoms with Crippen LogP contribution in [-0.4, -0.2) is 33.6 Å². The Kier molecular flexibility index (Phi) is 6.66. The van der Waals surface area contributed by atoms with E-state index in [1.165, 1.54) is 6.07 Å². The number of benzene rings is 2. The summed E-state index contributed by atoms with van der Waals surface area (Å²) in [5.74, 6) is 0.553. The van der Waals surface area contributed by atoms with Crippen LogP contribution in [0.3, 0.4) is 0 Å². The summed E-state index contributed by atoms with van der Waals surface area (Å²) >= 11 is 5.76. The number of pyridine rings is 1. The molecule has 0 unspecified atom stereocenters. The number of aromatic amines is 1. The fraction of sp³-hybridized carbons (Fsp3) is 0.200. The molecular formula is C25H25FN4OS. The lowest BCUT2D eigenvalue weighted by molar-refractivity contribution is 0.415. The Morgan fingerprint density at radius 3 is 2.72 bits per heavy atom. The van der Waals surface area contributed by atoms with Crippen molar-refractivity contribution in [2.75, 3.05) is 19.0 Å². The number of methoxy groups -OCH3 is 1. The number of anilines is 1. The third-order valence-electron chi connectivity index (χ3n) is 5.44. The Morgan fingerprint density at radius 1 is 1.19 bits per heavy atom. The van der Waals surface area contributed by atoms with Gasteiger partial charge in [0.15, 0.2) is 5.11 Å². The lowest BCUT2D eigenvalue weighted by Crippen LogP contribution is -2.36. The van der Waals surface area contributed by atoms with Gasteiger partial charge in [-0.2, -0.15) is 0 Å². The summed E-state index contributed by atoms with van der Waals surface area (Å²) in [7, 11) is 1.64. The Morgan fingerprint density at radius 2 is 2.00 bits per heavy atom. The summed E-state index contributed by atoms with van der Waals surface area (Å²) in [6, 6.07) is 16.4. The van der Waals surface area contributed by atoms with Gasteiger partial charge in [-0.1, -0.05) is 6.07 Å². The number of H-pyrrole nitrogens is 1. The van der Waals surface area contributed by atoms with Gasteiger partial charge in [0, 0.05) is 47.8 Å². The molecule has 4 rings (SSSR count). The number of thiocarbonyl (C=S) groups is 1. The van der Waals surface area contributed by atoms with E-state index in [4.69, 9.17) is 17.0 Å². The van der Waals surface area contributed by atoms with E-state index in [1.54, 1.807) is 25.4 Å². The average molecular weight is 449 g/mol. The van der Waals surface area contributed by atoms with E-state index < -0.39 is 0 Å². The summed E-state index contributed by atoms with van der Waals surface area (Å²) < 4.78 is 19.1. The van der Waals surface area contributed by atoms with Gasteiger partial charge in [0.05, 0.1) is 7.11 Å². The van der Waals surface area contributed by atoms with Gasteiger partial charge >= 0.3 is 0 Å². The van der Waals surface area contributed by atoms with Crippen LogP contribution in [0.4, 0.5) is 10.1 Å². The molecule has 0 radical (unpaired) electrons. The molecule has 2 aromatic carbocycles. The molecule has 2 aromatic heterocycles. The molecule has 4 aromatic rings. The second kappa shape index (κ2) is 9.78. The van der Waals surface area contributed by atoms with Crippen LogP contribution in [0.1, 0.15) is 16.8 Å². The molecule has 32 heavy (non-hydrogen) atoms. The minimum absolute atomic E-state index is 0.235. The topological polar surface area (TPSA) is 53.2 Å². The van der Waals surface area contributed by atoms with E-state index in [0.717, 1.165) is 45.6 Å². The molecule has 0 saturated heterocycles. The maximum atomic E-state index is 13.9. The van der Waals surface area contributed by atoms with Crippen molar-refractivity contribution in [3.8, 4) is 5.75 Å². The van der Waals surface area contributed by atoms with Crippen LogP contribution in [0.2, 0.25) is 0 Å². The van der Waals surface area contributed by atoms with Gasteiger partial charge in [-0.25, -0.2) is 4.39 Å². The molecule has 2 N–H and O–H groups in total. The summed E-state index contributed by atoms with van der Waals surface area (Å²) in [5, 5.41) is 4.85. The number of nitrogens with one attached hydrogen (secondary N) is 2. The highest BCUT2D eigenvalue weighted by atomic mass is 32.1. The van der Waals surface area contributed by atoms with Crippen molar-refractivity contribution in [2.45, 2.75) is 19.9 Å². The summed E-state index contributed by atoms with van der Waals surface area (Å²) in [4.78, 5) is 9.68. The first kappa shape index (κ1) is 21.8. The van der Waals surface area contributed by atoms with Gasteiger partial charge in [0.2, 0.25) is 0 Å². The van der Waals surface area contributed by atoms with Crippen molar-refractivity contribution in [2.24, 2.45) is 0 Å². The summed E-state index contributed by atoms with van der Waals surface area (Å²) in [6.45, 7) is 3.30. The molecule has 0 atom stereocenters. The van der Waals surface area contributed by atoms with Crippen LogP contribution < -0.4 is 10.1 Å². The molecule has 0 amide bonds. The number of fused-ring (bicyclic) bond motifs is 1. The van der Waals surface area contributed by atoms with Crippen molar-refractivity contribution >= 4 is 33.9 Å². The van der Waals surface area contributed by atoms with Gasteiger partial charge in [0.1, 0.15) is 11.6 Å². The highest BCUT2D eigenvalue weighted by molar-refractivity contribution is 7.80. The molecule has 0 spiro atoms. The average Bonchev–Trinajstić information content (AvgIpc) is 3.12. The maximum Gasteiger partial charge on any atom is 0.173 e. The Balaban J connectivity index is 1.54. The molecule has 164 valence electrons. The standard InChI is InChI=1S/C25H25FN4OS/c1-17-22(23-14-19(26)5-10-24(23)28-17)11-13-30(16-18-4-3-12-27-15-18)25(32)29-20-6-8-21(31-2)9-7-20/h3-10,12,14-15,28H,11,13,16H2,1-2H3,(H,29,32). The number of nitrogens with zero attached hydrogens (tertiary/aromatic N) is 2. The van der Waals surface area contributed by atoms with E-state index >= 15 is 0 Å². The van der Waals surface area contributed by atoms with Gasteiger partial charge < -0.3 is 19.9 Å². The fourth-order valence-corrected chi connectivity index (χ4v) is 4.04. The molecule has 0 saturated carbocycles. The normalized spacial score (nSPS) is 10.8. The van der Waals surface area contributed by atoms with Crippen LogP contribution in [0, 0.1) is 12.7 Å². The van der Waals surface area contributed by atoms with E-state index in [-0.39, 0.29) is 5.82 Å². The number of aryl methyl sites for hydroxylation is 1. The first-order valence-electron chi connectivity index (χ1n) is 10.4. The third-order valence-corrected chi connectivity index (χ3v) is 5.80. The molecule has 0 fully saturated rings. The molecule has 0 aliphatic heterocycles. The summed E-state index contributed by atoms with van der Waals surface area (Å²) in [5.41, 5.74) is 5.03. The first-order valence-corrected chi connectivity index (χ1v) is 10.8. The van der Waals surface area contributed by atoms with Gasteiger partial charge in [0.25, 0.3) is 0 Å². The van der Waals surface area contributed by atoms with Crippen molar-refractivity contribution in [3.05, 3.63) is 89.6 Å². The monoisotopic (exact) mass is 448 g/mol. The van der Waals surface area contributed by atoms with E-state index in [1.807, 2.05) is 49.5 Å². The molecular weight excluding hydrogens is 423 g/mol. The van der Waals surface area contributed by atoms with Gasteiger partial charge in [-0.15, -0.1) is 0 Å². The van der Waals surface area contributed by atoms with E-state index in [0.29, 0.717) is 18.2 Å². The second-order valence-corrected chi connectivity index (χ2v) is 8.00. The zero-order valence-electron chi connectivity index (χ0n) is 18.1. The maximum absolute atomic E-state index is 13.9. The predicted octanol–water partition coefficient (Wildman–Crippen LogP) is 5.46. The lowest BCUT2D eigenvalue weighted by atomic mass is 10.1. The molecule has 0 aliphatic rings. The van der Waals surface area contributed by atoms with E-state index in [9.17, 15) is 4.39 Å². The van der Waals surface area contributed by atoms with Crippen LogP contribution in [0.5, 0.6) is 5.75 Å². The zero-order chi connectivity index (χ0) is 22.5. The fourth-order valence-electron chi connectivity index (χ4n) is 3.76. The van der Waals surface area contributed by atoms with Crippen LogP contribution in [0.25, 0.3) is 10.9 Å². The Bertz CT molecular complexity index is 1210. The Labute approximate surface area is 192 Å². The smallest absolute Gasteiger partial charge is 0.173 e. The predicted molar refractivity (Wildman–Crippen MR) is 131 cm³/mol. The van der Waals surface area contributed by atoms with Crippen LogP contribution in [-0.2, 0) is 13.0 Å². The van der Waals surface area contributed by atoms with E-state index in [2.05, 4.69) is 20.2 Å². The van der Waals surface area contributed by atoms with Crippen molar-refractivity contribution in [1.29, 1.82) is 0 Å². The zero-order valence-corrected chi connectivity index (χ0v) is 18.9. The van der Waals surface area contributed by atoms with Crippen LogP contribution >= 0.6 is 12.2 Å². The lowest BCUT2D eigenvalue weighted by Gasteiger charge is -2.26. The molecule has 2 heterocycles. The second-order valence-electron chi connectivity index (χ2n) is 7.61. The number of aromatic nitrogens is 2. The largest absolute Gasteiger partial charge is 0.497 e. The first-order chi connectivity index (χ1) is 15.5. The molecule has 7 heteroatoms. The number of hydrogen-bond donors (Lipinski definition) is 2. The quantitative estimate of drug-likeness (QED) is 0.368. The number of hydrogen-bond acceptors (Lipinski definition) is 3. The minimum Gasteiger partial charge on any atom is -0.497 e.